The van der Waals surface area contributed by atoms with Crippen molar-refractivity contribution >= 4 is 230 Å². The maximum atomic E-state index is 11.4. The van der Waals surface area contributed by atoms with E-state index in [4.69, 9.17) is 54.3 Å². The van der Waals surface area contributed by atoms with Gasteiger partial charge in [-0.15, -0.1) is 0 Å². The standard InChI is InChI=1S/C15H25NO4S.C14H24O2S.C12H19NO4S.C11H18O2S.C10H15NO4S.C9H11NO4S.C9H13NO4S.C8H10O2S.3CO2/c1-12(15(19)20)11-14(18)16-9-7-5-3-4-6-8-10-21-13(2)17;1-3-14(16)11-9-7-5-4-6-8-10-12-17-13(2)15;1-8(7-18-10(3)14)4-5-13-11(15)6-9(2)12(16)17;1-4-11(13)7-5-6-9(2)8-14-10(3)12;1-7(10(14)15)6-9(13)11-4-3-5-16-8(2)12;1-5(8(12)13)4-7(11)10-6-2-3-15-9(6)14;1-6(9(13)14)5-8(12)10-3-4-15-7(2)11;1-2-7(9)5-6-3-4-11-8(6)10;3*2-1-3/h1,3-11H2,2H3,(H,16,18)(H,19,20);3H,1,4-12H2,2H3;8H,2,4-7H2,1,3H3,(H,13,15)(H,16,17);4,9H,1,5-8H2,2-3H3;1,3-6H2,2H3,(H,11,13)(H,14,15);6H,1-4H2,(H,10,11)(H,12,13);1,3-5H2,2H3,(H,10,12)(H,13,14);2,6H,1,3-5H2;;;. The van der Waals surface area contributed by atoms with E-state index in [0.29, 0.717) is 87.4 Å². The van der Waals surface area contributed by atoms with E-state index in [0.717, 1.165) is 124 Å². The van der Waals surface area contributed by atoms with Gasteiger partial charge in [-0.3, -0.25) is 76.7 Å². The fourth-order valence-electron chi connectivity index (χ4n) is 9.27. The van der Waals surface area contributed by atoms with E-state index in [1.165, 1.54) is 147 Å². The maximum Gasteiger partial charge on any atom is 0.373 e. The van der Waals surface area contributed by atoms with E-state index >= 15 is 0 Å². The van der Waals surface area contributed by atoms with Gasteiger partial charge in [0.15, 0.2) is 53.2 Å². The molecule has 2 rings (SSSR count). The van der Waals surface area contributed by atoms with Gasteiger partial charge in [-0.1, -0.05) is 218 Å². The van der Waals surface area contributed by atoms with Crippen molar-refractivity contribution in [1.82, 2.24) is 26.6 Å². The highest BCUT2D eigenvalue weighted by Gasteiger charge is 2.28. The summed E-state index contributed by atoms with van der Waals surface area (Å²) in [6.07, 6.45) is 24.7. The van der Waals surface area contributed by atoms with Crippen LogP contribution in [0.25, 0.3) is 0 Å². The molecule has 0 bridgehead atoms. The van der Waals surface area contributed by atoms with Crippen LogP contribution in [0.4, 0.5) is 0 Å². The number of thioether (sulfide) groups is 8. The zero-order valence-electron chi connectivity index (χ0n) is 78.8. The van der Waals surface area contributed by atoms with Crippen molar-refractivity contribution in [2.24, 2.45) is 17.8 Å². The van der Waals surface area contributed by atoms with Crippen LogP contribution in [-0.2, 0) is 129 Å². The molecule has 4 atom stereocenters. The Balaban J connectivity index is -0.000000192. The summed E-state index contributed by atoms with van der Waals surface area (Å²) in [5.74, 6) is -0.498. The van der Waals surface area contributed by atoms with Gasteiger partial charge in [0.1, 0.15) is 0 Å². The van der Waals surface area contributed by atoms with Gasteiger partial charge in [0.2, 0.25) is 34.7 Å². The Labute approximate surface area is 829 Å². The number of rotatable bonds is 58. The summed E-state index contributed by atoms with van der Waals surface area (Å²) in [6, 6.07) is -0.468. The summed E-state index contributed by atoms with van der Waals surface area (Å²) in [4.78, 5) is 276. The molecule has 0 aromatic heterocycles. The Hall–Kier alpha value is -10.1. The largest absolute Gasteiger partial charge is 0.478 e. The minimum atomic E-state index is -1.20. The van der Waals surface area contributed by atoms with Gasteiger partial charge in [-0.2, -0.15) is 28.8 Å². The van der Waals surface area contributed by atoms with E-state index in [1.807, 2.05) is 6.92 Å². The number of carboxylic acids is 5. The third-order valence-electron chi connectivity index (χ3n) is 16.3. The number of hydrogen-bond donors (Lipinski definition) is 10. The molecular formula is C91H135N5O32S8. The summed E-state index contributed by atoms with van der Waals surface area (Å²) in [5.41, 5.74) is -0.656. The van der Waals surface area contributed by atoms with E-state index < -0.39 is 47.7 Å². The van der Waals surface area contributed by atoms with Crippen molar-refractivity contribution in [3.8, 4) is 0 Å². The van der Waals surface area contributed by atoms with Gasteiger partial charge in [0, 0.05) is 167 Å². The molecule has 2 fully saturated rings. The van der Waals surface area contributed by atoms with Crippen molar-refractivity contribution in [1.29, 1.82) is 0 Å². The molecule has 37 nitrogen and oxygen atoms in total. The van der Waals surface area contributed by atoms with Crippen molar-refractivity contribution < 1.29 is 155 Å². The Kier molecular flexibility index (Phi) is 107. The quantitative estimate of drug-likeness (QED) is 0.0200. The van der Waals surface area contributed by atoms with Gasteiger partial charge < -0.3 is 52.1 Å². The lowest BCUT2D eigenvalue weighted by Crippen LogP contribution is -2.37. The van der Waals surface area contributed by atoms with Gasteiger partial charge in [0.05, 0.1) is 38.1 Å². The summed E-state index contributed by atoms with van der Waals surface area (Å²) in [5, 5.41) is 56.2. The number of carbonyl (C=O) groups excluding carboxylic acids is 22. The Morgan fingerprint density at radius 3 is 0.956 bits per heavy atom. The number of ketones is 3. The van der Waals surface area contributed by atoms with E-state index in [-0.39, 0.29) is 160 Å². The first-order valence-corrected chi connectivity index (χ1v) is 50.2. The highest BCUT2D eigenvalue weighted by atomic mass is 32.2. The first-order valence-electron chi connectivity index (χ1n) is 42.3. The monoisotopic (exact) mass is 2070 g/mol. The lowest BCUT2D eigenvalue weighted by Gasteiger charge is -2.10. The van der Waals surface area contributed by atoms with Gasteiger partial charge in [-0.05, 0) is 94.3 Å². The molecule has 5 amide bonds. The molecule has 0 aromatic rings. The van der Waals surface area contributed by atoms with Crippen LogP contribution in [0.1, 0.15) is 229 Å². The average molecular weight is 2070 g/mol. The molecule has 0 radical (unpaired) electrons. The Bertz CT molecular complexity index is 3930. The molecular weight excluding hydrogens is 1930 g/mol. The van der Waals surface area contributed by atoms with E-state index in [2.05, 4.69) is 86.1 Å². The molecule has 0 saturated carbocycles. The van der Waals surface area contributed by atoms with Crippen LogP contribution in [0.3, 0.4) is 0 Å². The van der Waals surface area contributed by atoms with Crippen LogP contribution in [0.15, 0.2) is 98.7 Å². The number of allylic oxidation sites excluding steroid dienone is 3. The van der Waals surface area contributed by atoms with Crippen molar-refractivity contribution in [3.63, 3.8) is 0 Å². The van der Waals surface area contributed by atoms with Crippen LogP contribution < -0.4 is 26.6 Å². The van der Waals surface area contributed by atoms with Crippen LogP contribution in [0.5, 0.6) is 0 Å². The molecule has 0 aliphatic carbocycles. The molecule has 136 heavy (non-hydrogen) atoms. The maximum absolute atomic E-state index is 11.4. The molecule has 4 unspecified atom stereocenters. The lowest BCUT2D eigenvalue weighted by atomic mass is 10.0. The Morgan fingerprint density at radius 1 is 0.353 bits per heavy atom. The highest BCUT2D eigenvalue weighted by Crippen LogP contribution is 2.28. The van der Waals surface area contributed by atoms with Gasteiger partial charge >= 0.3 is 48.3 Å². The molecule has 10 N–H and O–H groups in total. The van der Waals surface area contributed by atoms with Crippen molar-refractivity contribution in [3.05, 3.63) is 98.7 Å². The topological polar surface area (TPSA) is 622 Å². The predicted molar refractivity (Wildman–Crippen MR) is 529 cm³/mol. The molecule has 45 heteroatoms. The minimum Gasteiger partial charge on any atom is -0.478 e. The average Bonchev–Trinajstić information content (AvgIpc) is 1.77. The molecule has 0 spiro atoms. The number of amides is 5. The second-order valence-corrected chi connectivity index (χ2v) is 38.3. The number of carbonyl (C=O) groups is 21. The summed E-state index contributed by atoms with van der Waals surface area (Å²) in [7, 11) is 0. The number of carboxylic acid groups (broad SMARTS) is 5. The first kappa shape index (κ1) is 144. The highest BCUT2D eigenvalue weighted by molar-refractivity contribution is 8.15. The molecule has 2 aliphatic heterocycles. The van der Waals surface area contributed by atoms with Crippen LogP contribution in [-0.4, -0.2) is 240 Å². The number of aliphatic carboxylic acids is 5. The second kappa shape index (κ2) is 101. The number of hydrogen-bond acceptors (Lipinski definition) is 35. The van der Waals surface area contributed by atoms with Crippen LogP contribution in [0.2, 0.25) is 0 Å². The van der Waals surface area contributed by atoms with Crippen molar-refractivity contribution in [2.45, 2.75) is 235 Å². The van der Waals surface area contributed by atoms with Gasteiger partial charge in [0.25, 0.3) is 0 Å². The van der Waals surface area contributed by atoms with Gasteiger partial charge in [-0.25, -0.2) is 24.0 Å². The summed E-state index contributed by atoms with van der Waals surface area (Å²) >= 11 is 10.2. The Morgan fingerprint density at radius 2 is 0.632 bits per heavy atom. The van der Waals surface area contributed by atoms with Crippen molar-refractivity contribution in [2.75, 3.05) is 72.2 Å². The predicted octanol–water partition coefficient (Wildman–Crippen LogP) is 12.2. The van der Waals surface area contributed by atoms with E-state index in [1.54, 1.807) is 20.8 Å². The van der Waals surface area contributed by atoms with Crippen LogP contribution in [0, 0.1) is 17.8 Å². The zero-order valence-corrected chi connectivity index (χ0v) is 85.3. The third-order valence-corrected chi connectivity index (χ3v) is 24.2. The molecule has 764 valence electrons. The summed E-state index contributed by atoms with van der Waals surface area (Å²) in [6.45, 7) is 41.7. The molecule has 2 aliphatic rings. The van der Waals surface area contributed by atoms with Crippen LogP contribution >= 0.6 is 94.1 Å². The SMILES string of the molecule is C=C(CC(=O)NC1CCSC1=O)C(=O)O.C=C(CC(=O)NCCC(C)CSC(C)=O)C(=O)O.C=C(CC(=O)NCCCCCCCCSC(C)=O)C(=O)O.C=C(CC(=O)NCCCSC(C)=O)C(=O)O.C=C(CC(=O)NCCSC(C)=O)C(=O)O.C=CC(=O)CC1CCSC1=O.C=CC(=O)CCCC(C)CSC(C)=O.C=CC(=O)CCCCCCCCCSC(C)=O.O=C=O.O=C=O.O=C=O. The fourth-order valence-corrected chi connectivity index (χ4v) is 15.0. The zero-order chi connectivity index (χ0) is 106. The molecule has 0 aromatic carbocycles. The smallest absolute Gasteiger partial charge is 0.373 e. The number of nitrogens with one attached hydrogen (secondary N) is 5. The molecule has 2 saturated heterocycles. The number of unbranched alkanes of at least 4 members (excludes halogenated alkanes) is 11. The minimum absolute atomic E-state index is 0.0146. The molecule has 2 heterocycles. The second-order valence-electron chi connectivity index (χ2n) is 28.6. The third kappa shape index (κ3) is 116. The summed E-state index contributed by atoms with van der Waals surface area (Å²) < 4.78 is 0. The van der Waals surface area contributed by atoms with E-state index in [9.17, 15) is 101 Å². The lowest BCUT2D eigenvalue weighted by molar-refractivity contribution is -0.193. The first-order chi connectivity index (χ1) is 63.8. The normalized spacial score (nSPS) is 12.1. The fraction of sp³-hybridized carbons (Fsp3) is 0.560.